The fraction of sp³-hybridized carbons (Fsp3) is 0.143. The van der Waals surface area contributed by atoms with Crippen molar-refractivity contribution in [2.75, 3.05) is 17.6 Å². The number of nitrogens with one attached hydrogen (secondary N) is 1. The van der Waals surface area contributed by atoms with Crippen LogP contribution < -0.4 is 10.5 Å². The van der Waals surface area contributed by atoms with Gasteiger partial charge >= 0.3 is 0 Å². The zero-order chi connectivity index (χ0) is 18.7. The van der Waals surface area contributed by atoms with Crippen LogP contribution in [0.4, 0.5) is 11.4 Å². The number of nitro groups is 1. The Labute approximate surface area is 144 Å². The predicted molar refractivity (Wildman–Crippen MR) is 91.5 cm³/mol. The van der Waals surface area contributed by atoms with Gasteiger partial charge in [-0.3, -0.25) is 10.1 Å². The number of sulfonamides is 1. The summed E-state index contributed by atoms with van der Waals surface area (Å²) in [6.07, 6.45) is 0. The van der Waals surface area contributed by atoms with Gasteiger partial charge in [0.1, 0.15) is 0 Å². The Morgan fingerprint density at radius 1 is 1.04 bits per heavy atom. The van der Waals surface area contributed by atoms with Gasteiger partial charge in [0.2, 0.25) is 10.0 Å². The molecule has 11 heteroatoms. The van der Waals surface area contributed by atoms with Crippen molar-refractivity contribution in [2.24, 2.45) is 5.14 Å². The standard InChI is InChI=1S/C14H15N3O6S2/c15-25(22,23)14-7-6-11(10-13(14)17(18)19)16-8-9-24(20,21)12-4-2-1-3-5-12/h1-7,10,16H,8-9H2,(H2,15,22,23). The van der Waals surface area contributed by atoms with Crippen LogP contribution in [0, 0.1) is 10.1 Å². The molecule has 0 radical (unpaired) electrons. The Bertz CT molecular complexity index is 988. The van der Waals surface area contributed by atoms with E-state index >= 15 is 0 Å². The van der Waals surface area contributed by atoms with Crippen LogP contribution in [0.1, 0.15) is 0 Å². The number of hydrogen-bond donors (Lipinski definition) is 2. The van der Waals surface area contributed by atoms with Crippen molar-refractivity contribution in [3.8, 4) is 0 Å². The number of nitrogens with zero attached hydrogens (tertiary/aromatic N) is 1. The molecular formula is C14H15N3O6S2. The van der Waals surface area contributed by atoms with Crippen LogP contribution in [-0.2, 0) is 19.9 Å². The van der Waals surface area contributed by atoms with Crippen molar-refractivity contribution in [3.63, 3.8) is 0 Å². The molecule has 0 aliphatic rings. The summed E-state index contributed by atoms with van der Waals surface area (Å²) in [5.41, 5.74) is -0.472. The Morgan fingerprint density at radius 2 is 1.68 bits per heavy atom. The van der Waals surface area contributed by atoms with E-state index in [-0.39, 0.29) is 22.9 Å². The molecule has 0 amide bonds. The van der Waals surface area contributed by atoms with Gasteiger partial charge in [0.25, 0.3) is 5.69 Å². The number of hydrogen-bond acceptors (Lipinski definition) is 7. The van der Waals surface area contributed by atoms with Crippen molar-refractivity contribution in [1.82, 2.24) is 0 Å². The highest BCUT2D eigenvalue weighted by Gasteiger charge is 2.23. The highest BCUT2D eigenvalue weighted by Crippen LogP contribution is 2.26. The van der Waals surface area contributed by atoms with Crippen molar-refractivity contribution in [1.29, 1.82) is 0 Å². The first-order valence-electron chi connectivity index (χ1n) is 6.94. The van der Waals surface area contributed by atoms with Crippen molar-refractivity contribution >= 4 is 31.2 Å². The second kappa shape index (κ2) is 7.17. The number of sulfone groups is 1. The number of primary sulfonamides is 1. The van der Waals surface area contributed by atoms with Gasteiger partial charge in [0.05, 0.1) is 15.6 Å². The summed E-state index contributed by atoms with van der Waals surface area (Å²) in [6, 6.07) is 11.1. The molecule has 2 rings (SSSR count). The average Bonchev–Trinajstić information content (AvgIpc) is 2.54. The van der Waals surface area contributed by atoms with E-state index < -0.39 is 35.4 Å². The number of anilines is 1. The van der Waals surface area contributed by atoms with E-state index in [1.165, 1.54) is 18.2 Å². The van der Waals surface area contributed by atoms with Crippen molar-refractivity contribution in [2.45, 2.75) is 9.79 Å². The maximum atomic E-state index is 12.1. The van der Waals surface area contributed by atoms with E-state index in [1.807, 2.05) is 0 Å². The summed E-state index contributed by atoms with van der Waals surface area (Å²) in [6.45, 7) is -0.0108. The van der Waals surface area contributed by atoms with Crippen LogP contribution in [0.15, 0.2) is 58.3 Å². The lowest BCUT2D eigenvalue weighted by molar-refractivity contribution is -0.387. The Morgan fingerprint density at radius 3 is 2.24 bits per heavy atom. The smallest absolute Gasteiger partial charge is 0.291 e. The lowest BCUT2D eigenvalue weighted by Gasteiger charge is -2.08. The minimum absolute atomic E-state index is 0.0108. The molecule has 2 aromatic carbocycles. The lowest BCUT2D eigenvalue weighted by atomic mass is 10.3. The summed E-state index contributed by atoms with van der Waals surface area (Å²) in [7, 11) is -7.74. The third kappa shape index (κ3) is 4.75. The van der Waals surface area contributed by atoms with Gasteiger partial charge in [-0.25, -0.2) is 22.0 Å². The molecule has 0 saturated heterocycles. The summed E-state index contributed by atoms with van der Waals surface area (Å²) in [4.78, 5) is 9.69. The van der Waals surface area contributed by atoms with E-state index in [0.29, 0.717) is 0 Å². The molecule has 0 unspecified atom stereocenters. The SMILES string of the molecule is NS(=O)(=O)c1ccc(NCCS(=O)(=O)c2ccccc2)cc1[N+](=O)[O-]. The van der Waals surface area contributed by atoms with Crippen LogP contribution in [0.5, 0.6) is 0 Å². The fourth-order valence-electron chi connectivity index (χ4n) is 2.09. The molecule has 2 aromatic rings. The number of nitrogens with two attached hydrogens (primary N) is 1. The Hall–Kier alpha value is -2.50. The minimum atomic E-state index is -4.24. The molecule has 25 heavy (non-hydrogen) atoms. The van der Waals surface area contributed by atoms with E-state index in [0.717, 1.165) is 12.1 Å². The van der Waals surface area contributed by atoms with E-state index in [9.17, 15) is 26.9 Å². The second-order valence-electron chi connectivity index (χ2n) is 5.04. The zero-order valence-corrected chi connectivity index (χ0v) is 14.5. The molecule has 3 N–H and O–H groups in total. The first-order chi connectivity index (χ1) is 11.6. The highest BCUT2D eigenvalue weighted by molar-refractivity contribution is 7.91. The molecule has 0 spiro atoms. The van der Waals surface area contributed by atoms with Crippen LogP contribution in [0.2, 0.25) is 0 Å². The monoisotopic (exact) mass is 385 g/mol. The summed E-state index contributed by atoms with van der Waals surface area (Å²) < 4.78 is 47.0. The van der Waals surface area contributed by atoms with Gasteiger partial charge in [0, 0.05) is 18.3 Å². The third-order valence-electron chi connectivity index (χ3n) is 3.26. The van der Waals surface area contributed by atoms with Gasteiger partial charge in [-0.2, -0.15) is 0 Å². The molecule has 0 aromatic heterocycles. The van der Waals surface area contributed by atoms with Crippen LogP contribution in [0.25, 0.3) is 0 Å². The molecule has 0 fully saturated rings. The lowest BCUT2D eigenvalue weighted by Crippen LogP contribution is -2.17. The van der Waals surface area contributed by atoms with Crippen molar-refractivity contribution in [3.05, 3.63) is 58.6 Å². The Kier molecular flexibility index (Phi) is 5.40. The maximum absolute atomic E-state index is 12.1. The van der Waals surface area contributed by atoms with E-state index in [4.69, 9.17) is 5.14 Å². The zero-order valence-electron chi connectivity index (χ0n) is 12.8. The summed E-state index contributed by atoms with van der Waals surface area (Å²) in [5, 5.41) is 18.7. The first kappa shape index (κ1) is 18.8. The molecule has 134 valence electrons. The quantitative estimate of drug-likeness (QED) is 0.535. The van der Waals surface area contributed by atoms with Gasteiger partial charge in [0.15, 0.2) is 14.7 Å². The molecule has 0 atom stereocenters. The molecule has 0 aliphatic heterocycles. The number of rotatable bonds is 7. The number of benzene rings is 2. The summed E-state index contributed by atoms with van der Waals surface area (Å²) >= 11 is 0. The molecular weight excluding hydrogens is 370 g/mol. The molecule has 0 heterocycles. The van der Waals surface area contributed by atoms with Crippen LogP contribution in [0.3, 0.4) is 0 Å². The third-order valence-corrected chi connectivity index (χ3v) is 5.95. The van der Waals surface area contributed by atoms with Gasteiger partial charge in [-0.1, -0.05) is 18.2 Å². The highest BCUT2D eigenvalue weighted by atomic mass is 32.2. The topological polar surface area (TPSA) is 149 Å². The molecule has 9 nitrogen and oxygen atoms in total. The van der Waals surface area contributed by atoms with Crippen LogP contribution >= 0.6 is 0 Å². The fourth-order valence-corrected chi connectivity index (χ4v) is 3.95. The Balaban J connectivity index is 2.14. The van der Waals surface area contributed by atoms with E-state index in [2.05, 4.69) is 5.32 Å². The number of nitro benzene ring substituents is 1. The van der Waals surface area contributed by atoms with Gasteiger partial charge in [-0.15, -0.1) is 0 Å². The maximum Gasteiger partial charge on any atom is 0.291 e. The van der Waals surface area contributed by atoms with Crippen molar-refractivity contribution < 1.29 is 21.8 Å². The van der Waals surface area contributed by atoms with E-state index in [1.54, 1.807) is 18.2 Å². The van der Waals surface area contributed by atoms with Gasteiger partial charge in [-0.05, 0) is 24.3 Å². The van der Waals surface area contributed by atoms with Gasteiger partial charge < -0.3 is 5.32 Å². The first-order valence-corrected chi connectivity index (χ1v) is 10.1. The van der Waals surface area contributed by atoms with Crippen LogP contribution in [-0.4, -0.2) is 34.1 Å². The largest absolute Gasteiger partial charge is 0.384 e. The summed E-state index contributed by atoms with van der Waals surface area (Å²) in [5.74, 6) is -0.234. The molecule has 0 bridgehead atoms. The minimum Gasteiger partial charge on any atom is -0.384 e. The normalized spacial score (nSPS) is 11.9. The second-order valence-corrected chi connectivity index (χ2v) is 8.68. The average molecular weight is 385 g/mol. The predicted octanol–water partition coefficient (Wildman–Crippen LogP) is 1.13. The molecule has 0 aliphatic carbocycles. The molecule has 0 saturated carbocycles.